The van der Waals surface area contributed by atoms with Gasteiger partial charge in [-0.15, -0.1) is 0 Å². The average Bonchev–Trinajstić information content (AvgIpc) is 2.47. The van der Waals surface area contributed by atoms with E-state index in [0.717, 1.165) is 5.56 Å². The Bertz CT molecular complexity index is 574. The summed E-state index contributed by atoms with van der Waals surface area (Å²) in [6, 6.07) is 16.7. The molecule has 0 saturated carbocycles. The molecular weight excluding hydrogens is 258 g/mol. The zero-order chi connectivity index (χ0) is 15.4. The molecule has 0 aromatic heterocycles. The van der Waals surface area contributed by atoms with Crippen molar-refractivity contribution < 1.29 is 5.11 Å². The Morgan fingerprint density at radius 2 is 1.33 bits per heavy atom. The lowest BCUT2D eigenvalue weighted by Crippen LogP contribution is -2.22. The van der Waals surface area contributed by atoms with Crippen LogP contribution in [-0.2, 0) is 0 Å². The van der Waals surface area contributed by atoms with Crippen molar-refractivity contribution in [1.29, 1.82) is 0 Å². The standard InChI is InChI=1S/C19H25NO/c1-13(2)16-8-10-17(11-9-16)14(3)20-15(4)18-6-5-7-19(21)12-18/h5-15,20-21H,1-4H3. The molecule has 0 aliphatic rings. The van der Waals surface area contributed by atoms with Gasteiger partial charge < -0.3 is 10.4 Å². The summed E-state index contributed by atoms with van der Waals surface area (Å²) in [5.41, 5.74) is 3.75. The molecule has 0 saturated heterocycles. The second-order valence-electron chi connectivity index (χ2n) is 6.03. The fourth-order valence-corrected chi connectivity index (χ4v) is 2.53. The van der Waals surface area contributed by atoms with Crippen molar-refractivity contribution >= 4 is 0 Å². The number of hydrogen-bond donors (Lipinski definition) is 2. The van der Waals surface area contributed by atoms with Crippen LogP contribution in [0.4, 0.5) is 0 Å². The Hall–Kier alpha value is -1.80. The summed E-state index contributed by atoms with van der Waals surface area (Å²) in [4.78, 5) is 0. The topological polar surface area (TPSA) is 32.3 Å². The normalized spacial score (nSPS) is 14.1. The third-order valence-electron chi connectivity index (χ3n) is 3.97. The van der Waals surface area contributed by atoms with Gasteiger partial charge in [-0.05, 0) is 48.6 Å². The molecule has 0 heterocycles. The molecule has 0 aliphatic carbocycles. The van der Waals surface area contributed by atoms with Crippen LogP contribution >= 0.6 is 0 Å². The second-order valence-corrected chi connectivity index (χ2v) is 6.03. The van der Waals surface area contributed by atoms with E-state index >= 15 is 0 Å². The number of benzene rings is 2. The molecule has 2 nitrogen and oxygen atoms in total. The maximum Gasteiger partial charge on any atom is 0.115 e. The first-order valence-electron chi connectivity index (χ1n) is 7.62. The van der Waals surface area contributed by atoms with E-state index in [0.29, 0.717) is 11.7 Å². The Morgan fingerprint density at radius 1 is 0.762 bits per heavy atom. The molecular formula is C19H25NO. The fourth-order valence-electron chi connectivity index (χ4n) is 2.53. The van der Waals surface area contributed by atoms with Gasteiger partial charge in [-0.25, -0.2) is 0 Å². The quantitative estimate of drug-likeness (QED) is 0.815. The molecule has 0 aliphatic heterocycles. The lowest BCUT2D eigenvalue weighted by molar-refractivity contribution is 0.466. The first-order valence-corrected chi connectivity index (χ1v) is 7.62. The van der Waals surface area contributed by atoms with Gasteiger partial charge in [-0.2, -0.15) is 0 Å². The largest absolute Gasteiger partial charge is 0.508 e. The first kappa shape index (κ1) is 15.6. The summed E-state index contributed by atoms with van der Waals surface area (Å²) >= 11 is 0. The van der Waals surface area contributed by atoms with Crippen LogP contribution in [0.5, 0.6) is 5.75 Å². The van der Waals surface area contributed by atoms with Crippen LogP contribution in [0.1, 0.15) is 62.4 Å². The highest BCUT2D eigenvalue weighted by molar-refractivity contribution is 5.30. The molecule has 2 unspecified atom stereocenters. The molecule has 0 fully saturated rings. The molecule has 112 valence electrons. The lowest BCUT2D eigenvalue weighted by Gasteiger charge is -2.21. The predicted molar refractivity (Wildman–Crippen MR) is 88.6 cm³/mol. The second kappa shape index (κ2) is 6.77. The first-order chi connectivity index (χ1) is 9.97. The van der Waals surface area contributed by atoms with Crippen LogP contribution in [0.15, 0.2) is 48.5 Å². The number of nitrogens with one attached hydrogen (secondary N) is 1. The van der Waals surface area contributed by atoms with Crippen LogP contribution in [0.25, 0.3) is 0 Å². The van der Waals surface area contributed by atoms with Gasteiger partial charge >= 0.3 is 0 Å². The molecule has 0 bridgehead atoms. The highest BCUT2D eigenvalue weighted by Gasteiger charge is 2.11. The van der Waals surface area contributed by atoms with E-state index in [1.165, 1.54) is 11.1 Å². The Labute approximate surface area is 127 Å². The van der Waals surface area contributed by atoms with Crippen LogP contribution in [-0.4, -0.2) is 5.11 Å². The van der Waals surface area contributed by atoms with E-state index in [4.69, 9.17) is 0 Å². The third-order valence-corrected chi connectivity index (χ3v) is 3.97. The van der Waals surface area contributed by atoms with Crippen LogP contribution < -0.4 is 5.32 Å². The van der Waals surface area contributed by atoms with E-state index in [-0.39, 0.29) is 12.1 Å². The third kappa shape index (κ3) is 4.08. The van der Waals surface area contributed by atoms with Gasteiger partial charge in [0.05, 0.1) is 0 Å². The van der Waals surface area contributed by atoms with Crippen LogP contribution in [0.2, 0.25) is 0 Å². The zero-order valence-electron chi connectivity index (χ0n) is 13.3. The summed E-state index contributed by atoms with van der Waals surface area (Å²) in [5.74, 6) is 0.878. The molecule has 2 N–H and O–H groups in total. The van der Waals surface area contributed by atoms with Crippen molar-refractivity contribution in [2.75, 3.05) is 0 Å². The van der Waals surface area contributed by atoms with Crippen molar-refractivity contribution in [2.24, 2.45) is 0 Å². The molecule has 2 aromatic rings. The summed E-state index contributed by atoms with van der Waals surface area (Å²) in [6.07, 6.45) is 0. The van der Waals surface area contributed by atoms with Gasteiger partial charge in [0.15, 0.2) is 0 Å². The minimum Gasteiger partial charge on any atom is -0.508 e. The van der Waals surface area contributed by atoms with E-state index < -0.39 is 0 Å². The Morgan fingerprint density at radius 3 is 1.90 bits per heavy atom. The Balaban J connectivity index is 2.05. The molecule has 0 radical (unpaired) electrons. The smallest absolute Gasteiger partial charge is 0.115 e. The van der Waals surface area contributed by atoms with Gasteiger partial charge in [0.2, 0.25) is 0 Å². The number of aromatic hydroxyl groups is 1. The molecule has 2 aromatic carbocycles. The highest BCUT2D eigenvalue weighted by Crippen LogP contribution is 2.23. The number of hydrogen-bond acceptors (Lipinski definition) is 2. The monoisotopic (exact) mass is 283 g/mol. The maximum atomic E-state index is 9.57. The van der Waals surface area contributed by atoms with E-state index in [1.54, 1.807) is 6.07 Å². The van der Waals surface area contributed by atoms with E-state index in [2.05, 4.69) is 57.3 Å². The van der Waals surface area contributed by atoms with Crippen LogP contribution in [0.3, 0.4) is 0 Å². The van der Waals surface area contributed by atoms with Crippen molar-refractivity contribution in [3.63, 3.8) is 0 Å². The van der Waals surface area contributed by atoms with Crippen molar-refractivity contribution in [3.05, 3.63) is 65.2 Å². The summed E-state index contributed by atoms with van der Waals surface area (Å²) < 4.78 is 0. The van der Waals surface area contributed by atoms with Gasteiger partial charge in [-0.1, -0.05) is 50.2 Å². The van der Waals surface area contributed by atoms with Crippen molar-refractivity contribution in [3.8, 4) is 5.75 Å². The molecule has 2 rings (SSSR count). The van der Waals surface area contributed by atoms with Crippen molar-refractivity contribution in [2.45, 2.75) is 45.7 Å². The summed E-state index contributed by atoms with van der Waals surface area (Å²) in [5, 5.41) is 13.1. The molecule has 2 atom stereocenters. The number of rotatable bonds is 5. The highest BCUT2D eigenvalue weighted by atomic mass is 16.3. The molecule has 0 spiro atoms. The number of phenols is 1. The van der Waals surface area contributed by atoms with E-state index in [1.807, 2.05) is 18.2 Å². The molecule has 0 amide bonds. The van der Waals surface area contributed by atoms with E-state index in [9.17, 15) is 5.11 Å². The summed E-state index contributed by atoms with van der Waals surface area (Å²) in [6.45, 7) is 8.71. The molecule has 2 heteroatoms. The van der Waals surface area contributed by atoms with Crippen molar-refractivity contribution in [1.82, 2.24) is 5.32 Å². The van der Waals surface area contributed by atoms with Gasteiger partial charge in [-0.3, -0.25) is 0 Å². The van der Waals surface area contributed by atoms with Gasteiger partial charge in [0.1, 0.15) is 5.75 Å². The minimum absolute atomic E-state index is 0.192. The predicted octanol–water partition coefficient (Wildman–Crippen LogP) is 4.93. The summed E-state index contributed by atoms with van der Waals surface area (Å²) in [7, 11) is 0. The number of phenolic OH excluding ortho intramolecular Hbond substituents is 1. The van der Waals surface area contributed by atoms with Crippen LogP contribution in [0, 0.1) is 0 Å². The fraction of sp³-hybridized carbons (Fsp3) is 0.368. The minimum atomic E-state index is 0.192. The zero-order valence-corrected chi connectivity index (χ0v) is 13.3. The average molecular weight is 283 g/mol. The van der Waals surface area contributed by atoms with Gasteiger partial charge in [0.25, 0.3) is 0 Å². The maximum absolute atomic E-state index is 9.57. The Kier molecular flexibility index (Phi) is 5.03. The van der Waals surface area contributed by atoms with Gasteiger partial charge in [0, 0.05) is 12.1 Å². The SMILES string of the molecule is CC(C)c1ccc(C(C)NC(C)c2cccc(O)c2)cc1. The lowest BCUT2D eigenvalue weighted by atomic mass is 9.99. The molecule has 21 heavy (non-hydrogen) atoms.